The predicted molar refractivity (Wildman–Crippen MR) is 139 cm³/mol. The molecule has 2 fully saturated rings. The first-order chi connectivity index (χ1) is 18.0. The molecular formula is C28H34N4O5. The van der Waals surface area contributed by atoms with Crippen LogP contribution in [-0.4, -0.2) is 27.0 Å². The first-order valence-electron chi connectivity index (χ1n) is 13.3. The van der Waals surface area contributed by atoms with Gasteiger partial charge in [-0.2, -0.15) is 0 Å². The molecule has 0 bridgehead atoms. The lowest BCUT2D eigenvalue weighted by Gasteiger charge is -2.29. The zero-order valence-electron chi connectivity index (χ0n) is 21.0. The van der Waals surface area contributed by atoms with Crippen LogP contribution in [0.4, 0.5) is 0 Å². The van der Waals surface area contributed by atoms with Gasteiger partial charge < -0.3 is 15.1 Å². The van der Waals surface area contributed by atoms with Crippen molar-refractivity contribution in [3.63, 3.8) is 0 Å². The highest BCUT2D eigenvalue weighted by atomic mass is 16.3. The third kappa shape index (κ3) is 5.70. The molecular weight excluding hydrogens is 472 g/mol. The molecule has 2 aliphatic rings. The number of aromatic nitrogens is 2. The van der Waals surface area contributed by atoms with E-state index in [-0.39, 0.29) is 48.8 Å². The molecule has 2 amide bonds. The van der Waals surface area contributed by atoms with Crippen molar-refractivity contribution >= 4 is 22.7 Å². The number of para-hydroxylation sites is 1. The Morgan fingerprint density at radius 2 is 1.68 bits per heavy atom. The maximum absolute atomic E-state index is 13.5. The number of furan rings is 1. The third-order valence-electron chi connectivity index (χ3n) is 7.83. The lowest BCUT2D eigenvalue weighted by atomic mass is 9.81. The standard InChI is InChI=1S/C28H34N4O5/c33-25(29-16-22-8-5-15-37-22)18-31-24-10-4-3-9-23(24)27(35)32(28(31)36)17-19-11-13-20(14-12-19)26(34)30-21-6-1-2-7-21/h3-5,8-10,15,19-21H,1-2,6-7,11-14,16-18H2,(H,29,33)(H,30,34). The van der Waals surface area contributed by atoms with E-state index in [1.807, 2.05) is 0 Å². The molecule has 0 unspecified atom stereocenters. The average Bonchev–Trinajstić information content (AvgIpc) is 3.63. The van der Waals surface area contributed by atoms with E-state index in [0.29, 0.717) is 22.7 Å². The van der Waals surface area contributed by atoms with Crippen molar-refractivity contribution in [2.45, 2.75) is 77.0 Å². The van der Waals surface area contributed by atoms with Crippen LogP contribution in [0.2, 0.25) is 0 Å². The fourth-order valence-corrected chi connectivity index (χ4v) is 5.74. The number of nitrogens with zero attached hydrogens (tertiary/aromatic N) is 2. The quantitative estimate of drug-likeness (QED) is 0.488. The van der Waals surface area contributed by atoms with Crippen LogP contribution in [0.15, 0.2) is 56.7 Å². The maximum Gasteiger partial charge on any atom is 0.331 e. The monoisotopic (exact) mass is 506 g/mol. The van der Waals surface area contributed by atoms with E-state index in [1.54, 1.807) is 36.4 Å². The molecule has 0 aliphatic heterocycles. The Hall–Kier alpha value is -3.62. The Morgan fingerprint density at radius 3 is 2.41 bits per heavy atom. The first-order valence-corrected chi connectivity index (χ1v) is 13.3. The van der Waals surface area contributed by atoms with Gasteiger partial charge in [0.05, 0.1) is 23.7 Å². The number of carbonyl (C=O) groups is 2. The maximum atomic E-state index is 13.5. The summed E-state index contributed by atoms with van der Waals surface area (Å²) in [5.41, 5.74) is -0.388. The van der Waals surface area contributed by atoms with Gasteiger partial charge in [0, 0.05) is 18.5 Å². The van der Waals surface area contributed by atoms with Gasteiger partial charge in [0.2, 0.25) is 11.8 Å². The van der Waals surface area contributed by atoms with Gasteiger partial charge in [0.25, 0.3) is 5.56 Å². The van der Waals surface area contributed by atoms with Crippen LogP contribution in [0.5, 0.6) is 0 Å². The largest absolute Gasteiger partial charge is 0.467 e. The van der Waals surface area contributed by atoms with E-state index < -0.39 is 5.69 Å². The summed E-state index contributed by atoms with van der Waals surface area (Å²) in [5, 5.41) is 6.38. The lowest BCUT2D eigenvalue weighted by Crippen LogP contribution is -2.44. The van der Waals surface area contributed by atoms with Crippen molar-refractivity contribution in [2.75, 3.05) is 0 Å². The van der Waals surface area contributed by atoms with Crippen molar-refractivity contribution in [2.24, 2.45) is 11.8 Å². The van der Waals surface area contributed by atoms with Crippen molar-refractivity contribution in [3.05, 3.63) is 69.3 Å². The lowest BCUT2D eigenvalue weighted by molar-refractivity contribution is -0.127. The Balaban J connectivity index is 1.29. The summed E-state index contributed by atoms with van der Waals surface area (Å²) in [6.45, 7) is 0.303. The highest BCUT2D eigenvalue weighted by molar-refractivity contribution is 5.81. The minimum Gasteiger partial charge on any atom is -0.467 e. The molecule has 2 aliphatic carbocycles. The molecule has 2 N–H and O–H groups in total. The van der Waals surface area contributed by atoms with Crippen molar-refractivity contribution in [3.8, 4) is 0 Å². The molecule has 2 aromatic heterocycles. The van der Waals surface area contributed by atoms with Crippen LogP contribution in [0.1, 0.15) is 57.1 Å². The van der Waals surface area contributed by atoms with E-state index in [9.17, 15) is 19.2 Å². The van der Waals surface area contributed by atoms with Crippen molar-refractivity contribution in [1.82, 2.24) is 19.8 Å². The number of nitrogens with one attached hydrogen (secondary N) is 2. The van der Waals surface area contributed by atoms with Crippen LogP contribution in [-0.2, 0) is 29.2 Å². The van der Waals surface area contributed by atoms with E-state index >= 15 is 0 Å². The highest BCUT2D eigenvalue weighted by Gasteiger charge is 2.29. The molecule has 196 valence electrons. The molecule has 0 radical (unpaired) electrons. The van der Waals surface area contributed by atoms with Gasteiger partial charge in [-0.1, -0.05) is 25.0 Å². The van der Waals surface area contributed by atoms with Crippen LogP contribution in [0.3, 0.4) is 0 Å². The minimum atomic E-state index is -0.488. The number of rotatable bonds is 8. The Kier molecular flexibility index (Phi) is 7.58. The van der Waals surface area contributed by atoms with Crippen LogP contribution < -0.4 is 21.9 Å². The van der Waals surface area contributed by atoms with Crippen LogP contribution >= 0.6 is 0 Å². The van der Waals surface area contributed by atoms with Crippen LogP contribution in [0, 0.1) is 11.8 Å². The highest BCUT2D eigenvalue weighted by Crippen LogP contribution is 2.30. The molecule has 9 heteroatoms. The number of benzene rings is 1. The first kappa shape index (κ1) is 25.0. The molecule has 3 aromatic rings. The smallest absolute Gasteiger partial charge is 0.331 e. The van der Waals surface area contributed by atoms with Gasteiger partial charge >= 0.3 is 5.69 Å². The molecule has 9 nitrogen and oxygen atoms in total. The van der Waals surface area contributed by atoms with E-state index in [1.165, 1.54) is 28.2 Å². The summed E-state index contributed by atoms with van der Waals surface area (Å²) >= 11 is 0. The molecule has 5 rings (SSSR count). The topological polar surface area (TPSA) is 115 Å². The van der Waals surface area contributed by atoms with Gasteiger partial charge in [-0.3, -0.25) is 23.5 Å². The number of carbonyl (C=O) groups excluding carboxylic acids is 2. The van der Waals surface area contributed by atoms with Crippen molar-refractivity contribution < 1.29 is 14.0 Å². The van der Waals surface area contributed by atoms with Gasteiger partial charge in [0.1, 0.15) is 12.3 Å². The van der Waals surface area contributed by atoms with Gasteiger partial charge in [-0.25, -0.2) is 4.79 Å². The molecule has 0 atom stereocenters. The SMILES string of the molecule is O=C(Cn1c(=O)n(CC2CCC(C(=O)NC3CCCC3)CC2)c(=O)c2ccccc21)NCc1ccco1. The fraction of sp³-hybridized carbons (Fsp3) is 0.500. The third-order valence-corrected chi connectivity index (χ3v) is 7.83. The normalized spacial score (nSPS) is 20.2. The minimum absolute atomic E-state index is 0.000286. The number of amides is 2. The number of fused-ring (bicyclic) bond motifs is 1. The Labute approximate surface area is 214 Å². The zero-order valence-corrected chi connectivity index (χ0v) is 21.0. The summed E-state index contributed by atoms with van der Waals surface area (Å²) < 4.78 is 7.89. The number of hydrogen-bond donors (Lipinski definition) is 2. The second-order valence-corrected chi connectivity index (χ2v) is 10.4. The molecule has 2 heterocycles. The fourth-order valence-electron chi connectivity index (χ4n) is 5.74. The summed E-state index contributed by atoms with van der Waals surface area (Å²) in [6, 6.07) is 10.7. The molecule has 37 heavy (non-hydrogen) atoms. The van der Waals surface area contributed by atoms with E-state index in [0.717, 1.165) is 38.5 Å². The zero-order chi connectivity index (χ0) is 25.8. The second-order valence-electron chi connectivity index (χ2n) is 10.4. The Morgan fingerprint density at radius 1 is 0.919 bits per heavy atom. The summed E-state index contributed by atoms with van der Waals surface area (Å²) in [7, 11) is 0. The van der Waals surface area contributed by atoms with E-state index in [2.05, 4.69) is 10.6 Å². The molecule has 1 aromatic carbocycles. The van der Waals surface area contributed by atoms with Gasteiger partial charge in [-0.15, -0.1) is 0 Å². The average molecular weight is 507 g/mol. The molecule has 2 saturated carbocycles. The van der Waals surface area contributed by atoms with Crippen LogP contribution in [0.25, 0.3) is 10.9 Å². The summed E-state index contributed by atoms with van der Waals surface area (Å²) in [5.74, 6) is 0.546. The predicted octanol–water partition coefficient (Wildman–Crippen LogP) is 2.94. The van der Waals surface area contributed by atoms with Crippen molar-refractivity contribution in [1.29, 1.82) is 0 Å². The van der Waals surface area contributed by atoms with Gasteiger partial charge in [0.15, 0.2) is 0 Å². The second kappa shape index (κ2) is 11.2. The van der Waals surface area contributed by atoms with Gasteiger partial charge in [-0.05, 0) is 68.7 Å². The molecule has 0 spiro atoms. The van der Waals surface area contributed by atoms with E-state index in [4.69, 9.17) is 4.42 Å². The molecule has 0 saturated heterocycles. The number of hydrogen-bond acceptors (Lipinski definition) is 5. The Bertz CT molecular complexity index is 1360. The summed E-state index contributed by atoms with van der Waals surface area (Å²) in [6.07, 6.45) is 9.12. The summed E-state index contributed by atoms with van der Waals surface area (Å²) in [4.78, 5) is 52.1.